The third kappa shape index (κ3) is 1.98. The Morgan fingerprint density at radius 3 is 2.33 bits per heavy atom. The van der Waals surface area contributed by atoms with Crippen molar-refractivity contribution in [3.05, 3.63) is 0 Å². The Morgan fingerprint density at radius 1 is 1.07 bits per heavy atom. The Morgan fingerprint density at radius 2 is 1.80 bits per heavy atom. The van der Waals surface area contributed by atoms with E-state index in [1.807, 2.05) is 0 Å². The molecule has 0 unspecified atom stereocenters. The normalized spacial score (nSPS) is 27.2. The predicted octanol–water partition coefficient (Wildman–Crippen LogP) is 1.25. The number of carboxylic acids is 1. The summed E-state index contributed by atoms with van der Waals surface area (Å²) >= 11 is 0. The SMILES string of the molecule is O=C(O)[C@H]1CCCCN1C(=O)C1CCC1. The molecule has 2 aliphatic rings. The van der Waals surface area contributed by atoms with Crippen molar-refractivity contribution >= 4 is 11.9 Å². The molecular weight excluding hydrogens is 194 g/mol. The number of nitrogens with zero attached hydrogens (tertiary/aromatic N) is 1. The van der Waals surface area contributed by atoms with E-state index in [0.29, 0.717) is 13.0 Å². The van der Waals surface area contributed by atoms with Gasteiger partial charge in [-0.25, -0.2) is 4.79 Å². The minimum absolute atomic E-state index is 0.0772. The highest BCUT2D eigenvalue weighted by Crippen LogP contribution is 2.30. The zero-order chi connectivity index (χ0) is 10.8. The summed E-state index contributed by atoms with van der Waals surface area (Å²) in [6.45, 7) is 0.631. The van der Waals surface area contributed by atoms with E-state index in [0.717, 1.165) is 32.1 Å². The number of carbonyl (C=O) groups is 2. The van der Waals surface area contributed by atoms with Crippen molar-refractivity contribution in [3.8, 4) is 0 Å². The second kappa shape index (κ2) is 4.21. The van der Waals surface area contributed by atoms with Gasteiger partial charge in [-0.2, -0.15) is 0 Å². The molecule has 1 aliphatic heterocycles. The van der Waals surface area contributed by atoms with E-state index in [9.17, 15) is 9.59 Å². The molecule has 1 saturated heterocycles. The molecule has 2 fully saturated rings. The molecule has 0 aromatic heterocycles. The smallest absolute Gasteiger partial charge is 0.326 e. The van der Waals surface area contributed by atoms with Gasteiger partial charge in [0.05, 0.1) is 0 Å². The van der Waals surface area contributed by atoms with Crippen LogP contribution in [0.2, 0.25) is 0 Å². The number of carboxylic acid groups (broad SMARTS) is 1. The van der Waals surface area contributed by atoms with Gasteiger partial charge < -0.3 is 10.0 Å². The van der Waals surface area contributed by atoms with E-state index in [-0.39, 0.29) is 11.8 Å². The van der Waals surface area contributed by atoms with Gasteiger partial charge in [-0.15, -0.1) is 0 Å². The summed E-state index contributed by atoms with van der Waals surface area (Å²) in [5, 5.41) is 9.04. The minimum Gasteiger partial charge on any atom is -0.480 e. The molecule has 0 aromatic rings. The van der Waals surface area contributed by atoms with Crippen LogP contribution in [0, 0.1) is 5.92 Å². The summed E-state index contributed by atoms with van der Waals surface area (Å²) < 4.78 is 0. The van der Waals surface area contributed by atoms with E-state index in [4.69, 9.17) is 5.11 Å². The van der Waals surface area contributed by atoms with Crippen LogP contribution >= 0.6 is 0 Å². The molecule has 1 saturated carbocycles. The number of carbonyl (C=O) groups excluding carboxylic acids is 1. The lowest BCUT2D eigenvalue weighted by Crippen LogP contribution is -2.51. The largest absolute Gasteiger partial charge is 0.480 e. The first-order chi connectivity index (χ1) is 7.20. The summed E-state index contributed by atoms with van der Waals surface area (Å²) in [6, 6.07) is -0.563. The Bertz CT molecular complexity index is 273. The number of likely N-dealkylation sites (tertiary alicyclic amines) is 1. The zero-order valence-corrected chi connectivity index (χ0v) is 8.82. The first kappa shape index (κ1) is 10.5. The van der Waals surface area contributed by atoms with Crippen LogP contribution in [0.3, 0.4) is 0 Å². The van der Waals surface area contributed by atoms with Gasteiger partial charge in [0.25, 0.3) is 0 Å². The third-order valence-electron chi connectivity index (χ3n) is 3.53. The number of hydrogen-bond acceptors (Lipinski definition) is 2. The molecule has 1 amide bonds. The first-order valence-electron chi connectivity index (χ1n) is 5.73. The molecule has 1 N–H and O–H groups in total. The van der Waals surface area contributed by atoms with Crippen LogP contribution in [0.5, 0.6) is 0 Å². The maximum atomic E-state index is 12.0. The third-order valence-corrected chi connectivity index (χ3v) is 3.53. The topological polar surface area (TPSA) is 57.6 Å². The second-order valence-corrected chi connectivity index (χ2v) is 4.51. The van der Waals surface area contributed by atoms with Gasteiger partial charge in [0.15, 0.2) is 0 Å². The van der Waals surface area contributed by atoms with Crippen LogP contribution in [-0.2, 0) is 9.59 Å². The Kier molecular flexibility index (Phi) is 2.93. The number of piperidine rings is 1. The maximum Gasteiger partial charge on any atom is 0.326 e. The molecule has 1 aliphatic carbocycles. The van der Waals surface area contributed by atoms with E-state index < -0.39 is 12.0 Å². The molecule has 1 atom stereocenters. The average Bonchev–Trinajstić information content (AvgIpc) is 2.15. The van der Waals surface area contributed by atoms with E-state index in [1.165, 1.54) is 0 Å². The lowest BCUT2D eigenvalue weighted by molar-refractivity contribution is -0.155. The fraction of sp³-hybridized carbons (Fsp3) is 0.818. The van der Waals surface area contributed by atoms with E-state index >= 15 is 0 Å². The fourth-order valence-electron chi connectivity index (χ4n) is 2.34. The molecule has 0 bridgehead atoms. The van der Waals surface area contributed by atoms with Crippen molar-refractivity contribution < 1.29 is 14.7 Å². The molecule has 0 spiro atoms. The van der Waals surface area contributed by atoms with Gasteiger partial charge in [0, 0.05) is 12.5 Å². The van der Waals surface area contributed by atoms with Crippen molar-refractivity contribution in [3.63, 3.8) is 0 Å². The summed E-state index contributed by atoms with van der Waals surface area (Å²) in [5.74, 6) is -0.652. The Balaban J connectivity index is 2.03. The average molecular weight is 211 g/mol. The van der Waals surface area contributed by atoms with Gasteiger partial charge in [-0.3, -0.25) is 4.79 Å². The fourth-order valence-corrected chi connectivity index (χ4v) is 2.34. The van der Waals surface area contributed by atoms with E-state index in [2.05, 4.69) is 0 Å². The highest BCUT2D eigenvalue weighted by molar-refractivity contribution is 5.85. The van der Waals surface area contributed by atoms with Crippen molar-refractivity contribution in [2.45, 2.75) is 44.6 Å². The van der Waals surface area contributed by atoms with Crippen molar-refractivity contribution in [1.29, 1.82) is 0 Å². The lowest BCUT2D eigenvalue weighted by Gasteiger charge is -2.37. The Hall–Kier alpha value is -1.06. The highest BCUT2D eigenvalue weighted by Gasteiger charge is 2.37. The quantitative estimate of drug-likeness (QED) is 0.748. The summed E-state index contributed by atoms with van der Waals surface area (Å²) in [7, 11) is 0. The van der Waals surface area contributed by atoms with Crippen molar-refractivity contribution in [1.82, 2.24) is 4.90 Å². The summed E-state index contributed by atoms with van der Waals surface area (Å²) in [6.07, 6.45) is 5.49. The maximum absolute atomic E-state index is 12.0. The molecule has 0 radical (unpaired) electrons. The standard InChI is InChI=1S/C11H17NO3/c13-10(8-4-3-5-8)12-7-2-1-6-9(12)11(14)15/h8-9H,1-7H2,(H,14,15)/t9-/m1/s1. The predicted molar refractivity (Wildman–Crippen MR) is 54.3 cm³/mol. The van der Waals surface area contributed by atoms with Crippen LogP contribution in [0.15, 0.2) is 0 Å². The summed E-state index contributed by atoms with van der Waals surface area (Å²) in [4.78, 5) is 24.6. The van der Waals surface area contributed by atoms with Crippen LogP contribution in [0.25, 0.3) is 0 Å². The van der Waals surface area contributed by atoms with E-state index in [1.54, 1.807) is 4.90 Å². The Labute approximate surface area is 89.3 Å². The van der Waals surface area contributed by atoms with Crippen LogP contribution in [0.1, 0.15) is 38.5 Å². The van der Waals surface area contributed by atoms with Crippen LogP contribution < -0.4 is 0 Å². The van der Waals surface area contributed by atoms with Gasteiger partial charge in [0.1, 0.15) is 6.04 Å². The van der Waals surface area contributed by atoms with Gasteiger partial charge in [-0.05, 0) is 32.1 Å². The van der Waals surface area contributed by atoms with Gasteiger partial charge >= 0.3 is 5.97 Å². The zero-order valence-electron chi connectivity index (χ0n) is 8.82. The highest BCUT2D eigenvalue weighted by atomic mass is 16.4. The molecule has 84 valence electrons. The number of hydrogen-bond donors (Lipinski definition) is 1. The van der Waals surface area contributed by atoms with Crippen molar-refractivity contribution in [2.75, 3.05) is 6.54 Å². The molecule has 0 aromatic carbocycles. The minimum atomic E-state index is -0.845. The number of amides is 1. The molecule has 4 nitrogen and oxygen atoms in total. The lowest BCUT2D eigenvalue weighted by atomic mass is 9.83. The van der Waals surface area contributed by atoms with Crippen LogP contribution in [0.4, 0.5) is 0 Å². The monoisotopic (exact) mass is 211 g/mol. The molecule has 1 heterocycles. The molecule has 4 heteroatoms. The second-order valence-electron chi connectivity index (χ2n) is 4.51. The molecular formula is C11H17NO3. The number of aliphatic carboxylic acids is 1. The molecule has 15 heavy (non-hydrogen) atoms. The summed E-state index contributed by atoms with van der Waals surface area (Å²) in [5.41, 5.74) is 0. The van der Waals surface area contributed by atoms with Crippen LogP contribution in [-0.4, -0.2) is 34.5 Å². The molecule has 2 rings (SSSR count). The number of rotatable bonds is 2. The van der Waals surface area contributed by atoms with Gasteiger partial charge in [-0.1, -0.05) is 6.42 Å². The van der Waals surface area contributed by atoms with Crippen molar-refractivity contribution in [2.24, 2.45) is 5.92 Å². The first-order valence-corrected chi connectivity index (χ1v) is 5.73. The van der Waals surface area contributed by atoms with Gasteiger partial charge in [0.2, 0.25) is 5.91 Å².